The topological polar surface area (TPSA) is 108 Å². The van der Waals surface area contributed by atoms with Gasteiger partial charge in [0, 0.05) is 6.54 Å². The highest BCUT2D eigenvalue weighted by Crippen LogP contribution is 2.64. The average Bonchev–Trinajstić information content (AvgIpc) is 3.55. The molecule has 6 atom stereocenters. The maximum atomic E-state index is 14.4. The lowest BCUT2D eigenvalue weighted by molar-refractivity contribution is -0.149. The molecule has 3 aliphatic rings. The summed E-state index contributed by atoms with van der Waals surface area (Å²) in [6.07, 6.45) is 2.08. The lowest BCUT2D eigenvalue weighted by Gasteiger charge is -2.38. The molecule has 0 aromatic heterocycles. The number of fused-ring (bicyclic) bond motifs is 1. The molecule has 0 radical (unpaired) electrons. The molecule has 0 saturated carbocycles. The number of benzene rings is 2. The van der Waals surface area contributed by atoms with Crippen molar-refractivity contribution in [3.8, 4) is 0 Å². The Morgan fingerprint density at radius 1 is 1.10 bits per heavy atom. The number of likely N-dealkylation sites (tertiary alicyclic amines) is 1. The maximum Gasteiger partial charge on any atom is 0.250 e. The number of amides is 3. The van der Waals surface area contributed by atoms with Crippen molar-refractivity contribution in [2.24, 2.45) is 17.8 Å². The average molecular weight is 568 g/mol. The van der Waals surface area contributed by atoms with Gasteiger partial charge in [-0.3, -0.25) is 14.4 Å². The molecule has 0 aliphatic carbocycles. The van der Waals surface area contributed by atoms with E-state index in [1.807, 2.05) is 51.1 Å². The summed E-state index contributed by atoms with van der Waals surface area (Å²) in [5.41, 5.74) is -0.643. The number of carbonyl (C=O) groups excluding carboxylic acids is 3. The minimum Gasteiger partial charge on any atom is -0.394 e. The molecular formula is C31H38ClN3O5. The first-order valence-corrected chi connectivity index (χ1v) is 14.6. The van der Waals surface area contributed by atoms with Crippen LogP contribution in [0.5, 0.6) is 0 Å². The molecule has 3 amide bonds. The van der Waals surface area contributed by atoms with Gasteiger partial charge in [-0.1, -0.05) is 74.8 Å². The van der Waals surface area contributed by atoms with E-state index in [1.54, 1.807) is 24.3 Å². The van der Waals surface area contributed by atoms with Crippen molar-refractivity contribution < 1.29 is 24.2 Å². The molecule has 2 unspecified atom stereocenters. The largest absolute Gasteiger partial charge is 0.394 e. The summed E-state index contributed by atoms with van der Waals surface area (Å²) < 4.78 is 6.81. The molecule has 3 aliphatic heterocycles. The smallest absolute Gasteiger partial charge is 0.250 e. The van der Waals surface area contributed by atoms with Gasteiger partial charge in [-0.25, -0.2) is 0 Å². The third-order valence-corrected chi connectivity index (χ3v) is 9.27. The van der Waals surface area contributed by atoms with Gasteiger partial charge in [-0.15, -0.1) is 0 Å². The van der Waals surface area contributed by atoms with Gasteiger partial charge >= 0.3 is 0 Å². The van der Waals surface area contributed by atoms with E-state index in [0.717, 1.165) is 5.56 Å². The Hall–Kier alpha value is -2.94. The van der Waals surface area contributed by atoms with E-state index >= 15 is 0 Å². The number of anilines is 1. The first-order valence-electron chi connectivity index (χ1n) is 14.2. The molecule has 40 heavy (non-hydrogen) atoms. The fourth-order valence-electron chi connectivity index (χ4n) is 7.23. The minimum atomic E-state index is -1.18. The lowest BCUT2D eigenvalue weighted by atomic mass is 9.65. The standard InChI is InChI=1S/C31H38ClN3O5/c1-4-30-14-15-31(40-30)25(24(30)27(37)33-17-20-10-6-5-7-11-20)29(39)35(21(18-36)16-19(2)3)26(31)28(38)34-23-13-9-8-12-22(23)32/h5-13,19,21,24-26,36H,4,14-18H2,1-3H3,(H,33,37)(H,34,38)/t21-,24-,25+,26?,30+,31?/m1/s1. The molecule has 9 heteroatoms. The number of ether oxygens (including phenoxy) is 1. The summed E-state index contributed by atoms with van der Waals surface area (Å²) in [5.74, 6) is -2.40. The number of rotatable bonds is 10. The third kappa shape index (κ3) is 4.70. The predicted molar refractivity (Wildman–Crippen MR) is 152 cm³/mol. The second-order valence-electron chi connectivity index (χ2n) is 11.7. The quantitative estimate of drug-likeness (QED) is 0.400. The molecule has 3 heterocycles. The molecule has 2 aromatic carbocycles. The zero-order chi connectivity index (χ0) is 28.7. The van der Waals surface area contributed by atoms with Crippen molar-refractivity contribution in [1.82, 2.24) is 10.2 Å². The fourth-order valence-corrected chi connectivity index (χ4v) is 7.41. The van der Waals surface area contributed by atoms with Gasteiger partial charge in [-0.05, 0) is 49.3 Å². The number of halogens is 1. The highest BCUT2D eigenvalue weighted by molar-refractivity contribution is 6.33. The van der Waals surface area contributed by atoms with Crippen LogP contribution in [0.4, 0.5) is 5.69 Å². The van der Waals surface area contributed by atoms with Crippen molar-refractivity contribution in [3.05, 3.63) is 65.2 Å². The van der Waals surface area contributed by atoms with Gasteiger partial charge in [0.1, 0.15) is 11.6 Å². The first-order chi connectivity index (χ1) is 19.2. The number of nitrogens with one attached hydrogen (secondary N) is 2. The Morgan fingerprint density at radius 3 is 2.45 bits per heavy atom. The molecule has 1 spiro atoms. The van der Waals surface area contributed by atoms with E-state index in [2.05, 4.69) is 10.6 Å². The summed E-state index contributed by atoms with van der Waals surface area (Å²) in [6, 6.07) is 14.9. The van der Waals surface area contributed by atoms with E-state index in [9.17, 15) is 19.5 Å². The van der Waals surface area contributed by atoms with Crippen molar-refractivity contribution in [3.63, 3.8) is 0 Å². The van der Waals surface area contributed by atoms with Crippen LogP contribution in [0.15, 0.2) is 54.6 Å². The highest BCUT2D eigenvalue weighted by atomic mass is 35.5. The lowest BCUT2D eigenvalue weighted by Crippen LogP contribution is -2.56. The number of hydrogen-bond acceptors (Lipinski definition) is 5. The number of aliphatic hydroxyl groups excluding tert-OH is 1. The minimum absolute atomic E-state index is 0.166. The molecule has 2 bridgehead atoms. The molecular weight excluding hydrogens is 530 g/mol. The van der Waals surface area contributed by atoms with Crippen molar-refractivity contribution in [1.29, 1.82) is 0 Å². The number of hydrogen-bond donors (Lipinski definition) is 3. The summed E-state index contributed by atoms with van der Waals surface area (Å²) in [4.78, 5) is 43.9. The van der Waals surface area contributed by atoms with Crippen molar-refractivity contribution in [2.45, 2.75) is 76.3 Å². The van der Waals surface area contributed by atoms with Crippen LogP contribution in [0.2, 0.25) is 5.02 Å². The second-order valence-corrected chi connectivity index (χ2v) is 12.1. The van der Waals surface area contributed by atoms with Crippen LogP contribution in [0, 0.1) is 17.8 Å². The Balaban J connectivity index is 1.53. The molecule has 3 saturated heterocycles. The normalized spacial score (nSPS) is 29.5. The Morgan fingerprint density at radius 2 is 1.80 bits per heavy atom. The van der Waals surface area contributed by atoms with E-state index in [4.69, 9.17) is 16.3 Å². The summed E-state index contributed by atoms with van der Waals surface area (Å²) in [5, 5.41) is 16.8. The zero-order valence-electron chi connectivity index (χ0n) is 23.2. The number of para-hydroxylation sites is 1. The summed E-state index contributed by atoms with van der Waals surface area (Å²) in [7, 11) is 0. The molecule has 214 valence electrons. The van der Waals surface area contributed by atoms with Gasteiger partial charge in [-0.2, -0.15) is 0 Å². The van der Waals surface area contributed by atoms with Gasteiger partial charge in [0.15, 0.2) is 0 Å². The van der Waals surface area contributed by atoms with Gasteiger partial charge < -0.3 is 25.4 Å². The SMILES string of the molecule is CC[C@@]12CCC3(O1)C(C(=O)Nc1ccccc1Cl)N([C@@H](CO)CC(C)C)C(=O)[C@@H]3[C@@H]2C(=O)NCc1ccccc1. The zero-order valence-corrected chi connectivity index (χ0v) is 24.0. The maximum absolute atomic E-state index is 14.4. The van der Waals surface area contributed by atoms with Crippen molar-refractivity contribution >= 4 is 35.0 Å². The Kier molecular flexibility index (Phi) is 7.97. The molecule has 3 fully saturated rings. The summed E-state index contributed by atoms with van der Waals surface area (Å²) in [6.45, 7) is 6.02. The molecule has 8 nitrogen and oxygen atoms in total. The van der Waals surface area contributed by atoms with Gasteiger partial charge in [0.05, 0.1) is 40.8 Å². The highest BCUT2D eigenvalue weighted by Gasteiger charge is 2.79. The van der Waals surface area contributed by atoms with Crippen LogP contribution in [-0.4, -0.2) is 57.6 Å². The van der Waals surface area contributed by atoms with Gasteiger partial charge in [0.2, 0.25) is 17.7 Å². The van der Waals surface area contributed by atoms with E-state index in [0.29, 0.717) is 42.9 Å². The van der Waals surface area contributed by atoms with Crippen LogP contribution in [0.25, 0.3) is 0 Å². The molecule has 3 N–H and O–H groups in total. The fraction of sp³-hybridized carbons (Fsp3) is 0.516. The van der Waals surface area contributed by atoms with E-state index in [-0.39, 0.29) is 24.3 Å². The van der Waals surface area contributed by atoms with Gasteiger partial charge in [0.25, 0.3) is 0 Å². The van der Waals surface area contributed by atoms with Crippen LogP contribution >= 0.6 is 11.6 Å². The van der Waals surface area contributed by atoms with Crippen LogP contribution in [0.1, 0.15) is 52.0 Å². The second kappa shape index (κ2) is 11.1. The van der Waals surface area contributed by atoms with E-state index in [1.165, 1.54) is 4.90 Å². The molecule has 2 aromatic rings. The Labute approximate surface area is 240 Å². The third-order valence-electron chi connectivity index (χ3n) is 8.94. The Bertz CT molecular complexity index is 1270. The van der Waals surface area contributed by atoms with E-state index < -0.39 is 41.0 Å². The van der Waals surface area contributed by atoms with Crippen LogP contribution in [0.3, 0.4) is 0 Å². The first kappa shape index (κ1) is 28.6. The molecule has 5 rings (SSSR count). The predicted octanol–water partition coefficient (Wildman–Crippen LogP) is 4.16. The number of aliphatic hydroxyl groups is 1. The van der Waals surface area contributed by atoms with Crippen LogP contribution in [-0.2, 0) is 25.7 Å². The number of nitrogens with zero attached hydrogens (tertiary/aromatic N) is 1. The number of carbonyl (C=O) groups is 3. The summed E-state index contributed by atoms with van der Waals surface area (Å²) >= 11 is 6.36. The monoisotopic (exact) mass is 567 g/mol. The van der Waals surface area contributed by atoms with Crippen LogP contribution < -0.4 is 10.6 Å². The van der Waals surface area contributed by atoms with Crippen molar-refractivity contribution in [2.75, 3.05) is 11.9 Å².